The lowest BCUT2D eigenvalue weighted by molar-refractivity contribution is 0.237. The Hall–Kier alpha value is -3.46. The molecule has 1 aliphatic heterocycles. The maximum absolute atomic E-state index is 13.5. The maximum atomic E-state index is 13.5. The molecule has 200 valence electrons. The molecular weight excluding hydrogens is 523 g/mol. The monoisotopic (exact) mass is 554 g/mol. The lowest BCUT2D eigenvalue weighted by Crippen LogP contribution is -2.44. The number of hydrogen-bond acceptors (Lipinski definition) is 4. The van der Waals surface area contributed by atoms with Gasteiger partial charge < -0.3 is 21.7 Å². The van der Waals surface area contributed by atoms with E-state index in [1.165, 1.54) is 0 Å². The number of nitrogens with one attached hydrogen (secondary N) is 3. The van der Waals surface area contributed by atoms with Gasteiger partial charge in [-0.3, -0.25) is 9.80 Å². The molecule has 10 heteroatoms. The Kier molecular flexibility index (Phi) is 9.33. The largest absolute Gasteiger partial charge is 0.399 e. The van der Waals surface area contributed by atoms with E-state index in [0.29, 0.717) is 41.1 Å². The van der Waals surface area contributed by atoms with E-state index < -0.39 is 0 Å². The zero-order valence-electron chi connectivity index (χ0n) is 21.2. The van der Waals surface area contributed by atoms with Crippen LogP contribution in [0.3, 0.4) is 0 Å². The predicted molar refractivity (Wildman–Crippen MR) is 156 cm³/mol. The molecule has 0 saturated carbocycles. The van der Waals surface area contributed by atoms with Crippen LogP contribution in [0, 0.1) is 0 Å². The van der Waals surface area contributed by atoms with Gasteiger partial charge in [0.2, 0.25) is 0 Å². The van der Waals surface area contributed by atoms with Crippen molar-refractivity contribution >= 4 is 52.3 Å². The first-order valence-corrected chi connectivity index (χ1v) is 13.3. The third-order valence-corrected chi connectivity index (χ3v) is 6.78. The average Bonchev–Trinajstić information content (AvgIpc) is 3.31. The lowest BCUT2D eigenvalue weighted by atomic mass is 10.0. The van der Waals surface area contributed by atoms with E-state index in [0.717, 1.165) is 36.3 Å². The van der Waals surface area contributed by atoms with Gasteiger partial charge in [0.15, 0.2) is 0 Å². The highest BCUT2D eigenvalue weighted by Crippen LogP contribution is 2.27. The van der Waals surface area contributed by atoms with Crippen molar-refractivity contribution < 1.29 is 9.59 Å². The molecule has 0 bridgehead atoms. The first-order valence-electron chi connectivity index (χ1n) is 12.6. The third kappa shape index (κ3) is 7.54. The number of hydrogen-bond donors (Lipinski definition) is 4. The minimum Gasteiger partial charge on any atom is -0.399 e. The highest BCUT2D eigenvalue weighted by Gasteiger charge is 2.25. The Labute approximate surface area is 233 Å². The van der Waals surface area contributed by atoms with Crippen molar-refractivity contribution in [2.45, 2.75) is 19.4 Å². The van der Waals surface area contributed by atoms with Crippen molar-refractivity contribution in [2.24, 2.45) is 0 Å². The average molecular weight is 556 g/mol. The number of carbonyl (C=O) groups excluding carboxylic acids is 2. The molecule has 1 aliphatic rings. The highest BCUT2D eigenvalue weighted by atomic mass is 35.5. The normalized spacial score (nSPS) is 15.2. The molecule has 1 saturated heterocycles. The summed E-state index contributed by atoms with van der Waals surface area (Å²) < 4.78 is 0. The molecule has 0 aromatic heterocycles. The summed E-state index contributed by atoms with van der Waals surface area (Å²) in [4.78, 5) is 29.3. The predicted octanol–water partition coefficient (Wildman–Crippen LogP) is 5.67. The third-order valence-electron chi connectivity index (χ3n) is 6.34. The number of urea groups is 2. The van der Waals surface area contributed by atoms with Crippen LogP contribution in [0.2, 0.25) is 10.0 Å². The smallest absolute Gasteiger partial charge is 0.326 e. The van der Waals surface area contributed by atoms with Gasteiger partial charge in [-0.2, -0.15) is 0 Å². The van der Waals surface area contributed by atoms with Gasteiger partial charge in [-0.1, -0.05) is 47.5 Å². The number of likely N-dealkylation sites (tertiary alicyclic amines) is 1. The summed E-state index contributed by atoms with van der Waals surface area (Å²) in [7, 11) is 0. The zero-order chi connectivity index (χ0) is 27.1. The van der Waals surface area contributed by atoms with Crippen molar-refractivity contribution in [1.82, 2.24) is 15.5 Å². The molecular formula is C28H32Cl2N6O2. The van der Waals surface area contributed by atoms with Gasteiger partial charge in [0.05, 0.1) is 0 Å². The molecule has 4 rings (SSSR count). The first-order chi connectivity index (χ1) is 18.3. The zero-order valence-corrected chi connectivity index (χ0v) is 22.7. The van der Waals surface area contributed by atoms with Gasteiger partial charge in [0.25, 0.3) is 0 Å². The molecule has 5 N–H and O–H groups in total. The highest BCUT2D eigenvalue weighted by molar-refractivity contribution is 6.35. The Morgan fingerprint density at radius 1 is 1.03 bits per heavy atom. The first kappa shape index (κ1) is 27.6. The second-order valence-electron chi connectivity index (χ2n) is 9.20. The van der Waals surface area contributed by atoms with Crippen molar-refractivity contribution in [1.29, 1.82) is 0 Å². The van der Waals surface area contributed by atoms with E-state index >= 15 is 0 Å². The van der Waals surface area contributed by atoms with E-state index in [1.807, 2.05) is 55.5 Å². The fourth-order valence-electron chi connectivity index (χ4n) is 4.51. The molecule has 0 aliphatic carbocycles. The van der Waals surface area contributed by atoms with Crippen LogP contribution >= 0.6 is 23.2 Å². The number of nitrogen functional groups attached to an aromatic ring is 1. The summed E-state index contributed by atoms with van der Waals surface area (Å²) in [6.45, 7) is 5.13. The number of amides is 4. The van der Waals surface area contributed by atoms with Crippen molar-refractivity contribution in [2.75, 3.05) is 48.7 Å². The summed E-state index contributed by atoms with van der Waals surface area (Å²) in [5, 5.41) is 9.57. The number of benzene rings is 3. The topological polar surface area (TPSA) is 103 Å². The van der Waals surface area contributed by atoms with Gasteiger partial charge in [-0.05, 0) is 66.9 Å². The summed E-state index contributed by atoms with van der Waals surface area (Å²) in [6.07, 6.45) is 0.860. The van der Waals surface area contributed by atoms with E-state index in [1.54, 1.807) is 23.1 Å². The van der Waals surface area contributed by atoms with Crippen LogP contribution in [-0.2, 0) is 0 Å². The van der Waals surface area contributed by atoms with Crippen LogP contribution in [0.5, 0.6) is 0 Å². The van der Waals surface area contributed by atoms with Crippen LogP contribution < -0.4 is 26.6 Å². The molecule has 38 heavy (non-hydrogen) atoms. The molecule has 3 aromatic carbocycles. The van der Waals surface area contributed by atoms with E-state index in [2.05, 4.69) is 20.9 Å². The summed E-state index contributed by atoms with van der Waals surface area (Å²) in [5.74, 6) is 0. The molecule has 1 heterocycles. The van der Waals surface area contributed by atoms with Crippen LogP contribution in [-0.4, -0.2) is 55.7 Å². The van der Waals surface area contributed by atoms with Crippen LogP contribution in [0.15, 0.2) is 66.7 Å². The molecule has 1 atom stereocenters. The second kappa shape index (κ2) is 12.9. The van der Waals surface area contributed by atoms with Crippen LogP contribution in [0.1, 0.15) is 13.3 Å². The van der Waals surface area contributed by atoms with E-state index in [4.69, 9.17) is 28.9 Å². The minimum absolute atomic E-state index is 0.0787. The fourth-order valence-corrected chi connectivity index (χ4v) is 5.03. The van der Waals surface area contributed by atoms with E-state index in [9.17, 15) is 9.59 Å². The number of anilines is 3. The van der Waals surface area contributed by atoms with Crippen molar-refractivity contribution in [3.05, 3.63) is 76.8 Å². The van der Waals surface area contributed by atoms with Crippen molar-refractivity contribution in [3.63, 3.8) is 0 Å². The number of nitrogens with two attached hydrogens (primary N) is 1. The maximum Gasteiger partial charge on any atom is 0.326 e. The SMILES string of the molecule is CCNC(=O)N[C@@H]1CCN(CCN(C(=O)Nc2cc(Cl)cc(Cl)c2)c2ccc(-c3cccc(N)c3)cc2)C1. The quantitative estimate of drug-likeness (QED) is 0.269. The number of carbonyl (C=O) groups is 2. The summed E-state index contributed by atoms with van der Waals surface area (Å²) in [6, 6.07) is 20.0. The summed E-state index contributed by atoms with van der Waals surface area (Å²) >= 11 is 12.3. The second-order valence-corrected chi connectivity index (χ2v) is 10.1. The molecule has 0 spiro atoms. The molecule has 4 amide bonds. The van der Waals surface area contributed by atoms with Crippen LogP contribution in [0.4, 0.5) is 26.7 Å². The minimum atomic E-state index is -0.295. The fraction of sp³-hybridized carbons (Fsp3) is 0.286. The molecule has 3 aromatic rings. The Bertz CT molecular complexity index is 1250. The Balaban J connectivity index is 1.48. The molecule has 0 radical (unpaired) electrons. The number of halogens is 2. The number of nitrogens with zero attached hydrogens (tertiary/aromatic N) is 2. The van der Waals surface area contributed by atoms with Gasteiger partial charge in [-0.25, -0.2) is 9.59 Å². The van der Waals surface area contributed by atoms with Crippen LogP contribution in [0.25, 0.3) is 11.1 Å². The lowest BCUT2D eigenvalue weighted by Gasteiger charge is -2.26. The number of rotatable bonds is 8. The van der Waals surface area contributed by atoms with Gasteiger partial charge in [-0.15, -0.1) is 0 Å². The molecule has 8 nitrogen and oxygen atoms in total. The van der Waals surface area contributed by atoms with E-state index in [-0.39, 0.29) is 18.1 Å². The Morgan fingerprint density at radius 2 is 1.76 bits per heavy atom. The van der Waals surface area contributed by atoms with Gasteiger partial charge >= 0.3 is 12.1 Å². The molecule has 0 unspecified atom stereocenters. The Morgan fingerprint density at radius 3 is 2.45 bits per heavy atom. The van der Waals surface area contributed by atoms with Gasteiger partial charge in [0.1, 0.15) is 0 Å². The van der Waals surface area contributed by atoms with Gasteiger partial charge in [0, 0.05) is 65.9 Å². The molecule has 1 fully saturated rings. The summed E-state index contributed by atoms with van der Waals surface area (Å²) in [5.41, 5.74) is 9.91. The van der Waals surface area contributed by atoms with Crippen molar-refractivity contribution in [3.8, 4) is 11.1 Å². The standard InChI is InChI=1S/C28H32Cl2N6O2/c1-2-32-27(37)33-24-10-11-35(18-24)12-13-36(28(38)34-25-16-21(29)15-22(30)17-25)26-8-6-19(7-9-26)20-4-3-5-23(31)14-20/h3-9,14-17,24H,2,10-13,18,31H2,1H3,(H,34,38)(H2,32,33,37)/t24-/m1/s1.